The van der Waals surface area contributed by atoms with Gasteiger partial charge in [-0.05, 0) is 31.0 Å². The number of carbonyl (C=O) groups excluding carboxylic acids is 1. The molecule has 1 aliphatic rings. The molecule has 1 amide bonds. The Morgan fingerprint density at radius 1 is 1.30 bits per heavy atom. The van der Waals surface area contributed by atoms with E-state index in [9.17, 15) is 4.79 Å². The monoisotopic (exact) mass is 310 g/mol. The molecule has 0 radical (unpaired) electrons. The molecule has 1 aliphatic carbocycles. The summed E-state index contributed by atoms with van der Waals surface area (Å²) in [5.41, 5.74) is 0.893. The molecule has 1 aromatic heterocycles. The van der Waals surface area contributed by atoms with Gasteiger partial charge in [-0.2, -0.15) is 0 Å². The predicted octanol–water partition coefficient (Wildman–Crippen LogP) is 4.01. The summed E-state index contributed by atoms with van der Waals surface area (Å²) in [6.07, 6.45) is 6.48. The van der Waals surface area contributed by atoms with Crippen LogP contribution in [-0.2, 0) is 11.3 Å². The van der Waals surface area contributed by atoms with Crippen LogP contribution in [0.2, 0.25) is 10.0 Å². The van der Waals surface area contributed by atoms with Crippen LogP contribution in [0.25, 0.3) is 10.9 Å². The van der Waals surface area contributed by atoms with Crippen LogP contribution in [0.3, 0.4) is 0 Å². The van der Waals surface area contributed by atoms with E-state index in [1.807, 2.05) is 22.9 Å². The molecule has 3 nitrogen and oxygen atoms in total. The number of hydrogen-bond acceptors (Lipinski definition) is 1. The van der Waals surface area contributed by atoms with Crippen molar-refractivity contribution in [1.29, 1.82) is 0 Å². The fraction of sp³-hybridized carbons (Fsp3) is 0.400. The average molecular weight is 311 g/mol. The first kappa shape index (κ1) is 13.8. The lowest BCUT2D eigenvalue weighted by Gasteiger charge is -2.13. The van der Waals surface area contributed by atoms with Crippen LogP contribution < -0.4 is 5.32 Å². The van der Waals surface area contributed by atoms with Gasteiger partial charge in [0.05, 0.1) is 10.5 Å². The summed E-state index contributed by atoms with van der Waals surface area (Å²) in [5.74, 6) is 0.0468. The summed E-state index contributed by atoms with van der Waals surface area (Å²) in [6, 6.07) is 5.81. The molecule has 106 valence electrons. The van der Waals surface area contributed by atoms with E-state index in [-0.39, 0.29) is 5.91 Å². The molecule has 1 aromatic carbocycles. The van der Waals surface area contributed by atoms with E-state index in [2.05, 4.69) is 5.32 Å². The number of halogens is 2. The molecular formula is C15H16Cl2N2O. The van der Waals surface area contributed by atoms with E-state index in [4.69, 9.17) is 23.2 Å². The van der Waals surface area contributed by atoms with Crippen molar-refractivity contribution >= 4 is 40.0 Å². The van der Waals surface area contributed by atoms with Gasteiger partial charge in [0.25, 0.3) is 0 Å². The van der Waals surface area contributed by atoms with Crippen LogP contribution in [0.15, 0.2) is 24.4 Å². The molecule has 0 atom stereocenters. The zero-order valence-electron chi connectivity index (χ0n) is 11.0. The van der Waals surface area contributed by atoms with Gasteiger partial charge >= 0.3 is 0 Å². The molecule has 0 bridgehead atoms. The van der Waals surface area contributed by atoms with Crippen LogP contribution in [-0.4, -0.2) is 16.5 Å². The van der Waals surface area contributed by atoms with E-state index in [1.54, 1.807) is 6.07 Å². The summed E-state index contributed by atoms with van der Waals surface area (Å²) < 4.78 is 1.89. The van der Waals surface area contributed by atoms with Gasteiger partial charge in [-0.25, -0.2) is 0 Å². The number of carbonyl (C=O) groups is 1. The van der Waals surface area contributed by atoms with Gasteiger partial charge in [0.1, 0.15) is 6.54 Å². The second kappa shape index (κ2) is 5.66. The fourth-order valence-corrected chi connectivity index (χ4v) is 3.40. The number of benzene rings is 1. The minimum Gasteiger partial charge on any atom is -0.352 e. The van der Waals surface area contributed by atoms with Gasteiger partial charge < -0.3 is 9.88 Å². The molecule has 0 saturated heterocycles. The van der Waals surface area contributed by atoms with Crippen LogP contribution in [0.1, 0.15) is 25.7 Å². The third kappa shape index (κ3) is 2.79. The van der Waals surface area contributed by atoms with Crippen molar-refractivity contribution in [1.82, 2.24) is 9.88 Å². The van der Waals surface area contributed by atoms with E-state index in [1.165, 1.54) is 12.8 Å². The van der Waals surface area contributed by atoms with Crippen LogP contribution in [0.4, 0.5) is 0 Å². The van der Waals surface area contributed by atoms with Crippen LogP contribution in [0, 0.1) is 0 Å². The van der Waals surface area contributed by atoms with Gasteiger partial charge in [0.2, 0.25) is 5.91 Å². The Bertz CT molecular complexity index is 645. The quantitative estimate of drug-likeness (QED) is 0.913. The number of nitrogens with one attached hydrogen (secondary N) is 1. The second-order valence-electron chi connectivity index (χ2n) is 5.31. The van der Waals surface area contributed by atoms with E-state index in [0.29, 0.717) is 22.6 Å². The molecule has 3 rings (SSSR count). The third-order valence-electron chi connectivity index (χ3n) is 3.84. The van der Waals surface area contributed by atoms with Crippen LogP contribution in [0.5, 0.6) is 0 Å². The number of amides is 1. The highest BCUT2D eigenvalue weighted by atomic mass is 35.5. The molecule has 0 aliphatic heterocycles. The number of fused-ring (bicyclic) bond motifs is 1. The van der Waals surface area contributed by atoms with Crippen molar-refractivity contribution in [2.75, 3.05) is 0 Å². The Kier molecular flexibility index (Phi) is 3.90. The molecular weight excluding hydrogens is 295 g/mol. The summed E-state index contributed by atoms with van der Waals surface area (Å²) >= 11 is 12.2. The first-order chi connectivity index (χ1) is 9.63. The zero-order valence-corrected chi connectivity index (χ0v) is 12.5. The lowest BCUT2D eigenvalue weighted by atomic mass is 10.2. The summed E-state index contributed by atoms with van der Waals surface area (Å²) in [4.78, 5) is 12.1. The first-order valence-electron chi connectivity index (χ1n) is 6.87. The molecule has 20 heavy (non-hydrogen) atoms. The Labute approximate surface area is 127 Å². The zero-order chi connectivity index (χ0) is 14.1. The normalized spacial score (nSPS) is 15.9. The number of aromatic nitrogens is 1. The topological polar surface area (TPSA) is 34.0 Å². The van der Waals surface area contributed by atoms with Gasteiger partial charge in [-0.15, -0.1) is 0 Å². The lowest BCUT2D eigenvalue weighted by Crippen LogP contribution is -2.35. The van der Waals surface area contributed by atoms with Crippen molar-refractivity contribution in [3.8, 4) is 0 Å². The SMILES string of the molecule is O=C(Cn1ccc2c(Cl)cc(Cl)cc21)NC1CCCC1. The summed E-state index contributed by atoms with van der Waals surface area (Å²) in [6.45, 7) is 0.302. The second-order valence-corrected chi connectivity index (χ2v) is 6.16. The minimum atomic E-state index is 0.0468. The molecule has 1 saturated carbocycles. The molecule has 0 spiro atoms. The molecule has 1 heterocycles. The van der Waals surface area contributed by atoms with Crippen molar-refractivity contribution in [2.24, 2.45) is 0 Å². The highest BCUT2D eigenvalue weighted by Crippen LogP contribution is 2.28. The molecule has 0 unspecified atom stereocenters. The van der Waals surface area contributed by atoms with E-state index >= 15 is 0 Å². The average Bonchev–Trinajstić information content (AvgIpc) is 3.00. The maximum atomic E-state index is 12.1. The van der Waals surface area contributed by atoms with Gasteiger partial charge in [-0.1, -0.05) is 36.0 Å². The first-order valence-corrected chi connectivity index (χ1v) is 7.62. The maximum absolute atomic E-state index is 12.1. The van der Waals surface area contributed by atoms with Crippen LogP contribution >= 0.6 is 23.2 Å². The largest absolute Gasteiger partial charge is 0.352 e. The standard InChI is InChI=1S/C15H16Cl2N2O/c16-10-7-13(17)12-5-6-19(14(12)8-10)9-15(20)18-11-3-1-2-4-11/h5-8,11H,1-4,9H2,(H,18,20). The summed E-state index contributed by atoms with van der Waals surface area (Å²) in [7, 11) is 0. The molecule has 2 aromatic rings. The van der Waals surface area contributed by atoms with Crippen molar-refractivity contribution in [3.63, 3.8) is 0 Å². The Hall–Kier alpha value is -1.19. The number of rotatable bonds is 3. The molecule has 1 fully saturated rings. The van der Waals surface area contributed by atoms with Gasteiger partial charge in [0, 0.05) is 22.6 Å². The predicted molar refractivity (Wildman–Crippen MR) is 82.4 cm³/mol. The smallest absolute Gasteiger partial charge is 0.240 e. The number of hydrogen-bond donors (Lipinski definition) is 1. The highest BCUT2D eigenvalue weighted by molar-refractivity contribution is 6.38. The van der Waals surface area contributed by atoms with Crippen molar-refractivity contribution < 1.29 is 4.79 Å². The van der Waals surface area contributed by atoms with E-state index in [0.717, 1.165) is 23.7 Å². The maximum Gasteiger partial charge on any atom is 0.240 e. The summed E-state index contributed by atoms with van der Waals surface area (Å²) in [5, 5.41) is 5.20. The van der Waals surface area contributed by atoms with E-state index < -0.39 is 0 Å². The Morgan fingerprint density at radius 2 is 2.05 bits per heavy atom. The van der Waals surface area contributed by atoms with Gasteiger partial charge in [-0.3, -0.25) is 4.79 Å². The number of nitrogens with zero attached hydrogens (tertiary/aromatic N) is 1. The van der Waals surface area contributed by atoms with Gasteiger partial charge in [0.15, 0.2) is 0 Å². The molecule has 1 N–H and O–H groups in total. The Balaban J connectivity index is 1.78. The Morgan fingerprint density at radius 3 is 2.80 bits per heavy atom. The van der Waals surface area contributed by atoms with Crippen molar-refractivity contribution in [2.45, 2.75) is 38.3 Å². The van der Waals surface area contributed by atoms with Crippen molar-refractivity contribution in [3.05, 3.63) is 34.4 Å². The lowest BCUT2D eigenvalue weighted by molar-refractivity contribution is -0.122. The fourth-order valence-electron chi connectivity index (χ4n) is 2.85. The third-order valence-corrected chi connectivity index (χ3v) is 4.37. The highest BCUT2D eigenvalue weighted by Gasteiger charge is 2.17. The minimum absolute atomic E-state index is 0.0468. The molecule has 5 heteroatoms.